The van der Waals surface area contributed by atoms with Gasteiger partial charge < -0.3 is 0 Å². The van der Waals surface area contributed by atoms with E-state index in [9.17, 15) is 3.07 Å². The van der Waals surface area contributed by atoms with Gasteiger partial charge in [0.1, 0.15) is 0 Å². The largest absolute Gasteiger partial charge is 0.266 e. The van der Waals surface area contributed by atoms with E-state index in [4.69, 9.17) is 0 Å². The highest BCUT2D eigenvalue weighted by Crippen LogP contribution is 1.85. The van der Waals surface area contributed by atoms with Gasteiger partial charge in [-0.15, -0.1) is 0 Å². The fraction of sp³-hybridized carbons (Fsp3) is 0. The van der Waals surface area contributed by atoms with E-state index < -0.39 is 21.2 Å². The standard InChI is InChI=1S/C2H3IO/c1-2-3-4/h2H,1H2. The first-order valence-electron chi connectivity index (χ1n) is 0.781. The molecule has 0 aromatic carbocycles. The van der Waals surface area contributed by atoms with Crippen molar-refractivity contribution in [1.29, 1.82) is 0 Å². The van der Waals surface area contributed by atoms with Crippen molar-refractivity contribution in [2.45, 2.75) is 0 Å². The van der Waals surface area contributed by atoms with Crippen LogP contribution in [0.4, 0.5) is 0 Å². The molecule has 4 heavy (non-hydrogen) atoms. The van der Waals surface area contributed by atoms with Gasteiger partial charge in [-0.1, -0.05) is 6.58 Å². The third-order valence-electron chi connectivity index (χ3n) is 0.0630. The minimum absolute atomic E-state index is 0.876. The molecule has 0 bridgehead atoms. The third-order valence-corrected chi connectivity index (χ3v) is 0.423. The maximum absolute atomic E-state index is 9.29. The summed E-state index contributed by atoms with van der Waals surface area (Å²) >= 11 is -0.876. The third kappa shape index (κ3) is 2.27. The Labute approximate surface area is 35.4 Å². The van der Waals surface area contributed by atoms with E-state index in [1.165, 1.54) is 4.08 Å². The quantitative estimate of drug-likeness (QED) is 0.544. The monoisotopic (exact) mass is 170 g/mol. The summed E-state index contributed by atoms with van der Waals surface area (Å²) in [5, 5.41) is 0. The Morgan fingerprint density at radius 1 is 2.00 bits per heavy atom. The van der Waals surface area contributed by atoms with Crippen molar-refractivity contribution in [3.8, 4) is 0 Å². The molecule has 0 fully saturated rings. The molecule has 0 aromatic heterocycles. The van der Waals surface area contributed by atoms with Crippen LogP contribution >= 0.6 is 21.2 Å². The second-order valence-electron chi connectivity index (χ2n) is 0.243. The van der Waals surface area contributed by atoms with Gasteiger partial charge in [0, 0.05) is 4.08 Å². The van der Waals surface area contributed by atoms with Gasteiger partial charge in [-0.3, -0.25) is 3.07 Å². The molecule has 0 aliphatic rings. The lowest BCUT2D eigenvalue weighted by Gasteiger charge is -1.34. The van der Waals surface area contributed by atoms with Gasteiger partial charge in [0.2, 0.25) is 0 Å². The van der Waals surface area contributed by atoms with E-state index >= 15 is 0 Å². The molecule has 1 nitrogen and oxygen atoms in total. The van der Waals surface area contributed by atoms with Crippen LogP contribution in [0.5, 0.6) is 0 Å². The SMILES string of the molecule is C=CI=O. The van der Waals surface area contributed by atoms with Crippen molar-refractivity contribution in [2.75, 3.05) is 0 Å². The summed E-state index contributed by atoms with van der Waals surface area (Å²) in [5.41, 5.74) is 0. The van der Waals surface area contributed by atoms with Crippen molar-refractivity contribution in [3.05, 3.63) is 10.7 Å². The lowest BCUT2D eigenvalue weighted by atomic mass is 11.3. The highest BCUT2D eigenvalue weighted by Gasteiger charge is 1.41. The second-order valence-corrected chi connectivity index (χ2v) is 1.63. The second kappa shape index (κ2) is 3.27. The molecule has 0 atom stereocenters. The van der Waals surface area contributed by atoms with Gasteiger partial charge in [-0.25, -0.2) is 0 Å². The molecule has 0 rings (SSSR count). The molecule has 0 spiro atoms. The molecule has 0 aliphatic heterocycles. The summed E-state index contributed by atoms with van der Waals surface area (Å²) in [6, 6.07) is 0. The van der Waals surface area contributed by atoms with E-state index in [1.54, 1.807) is 0 Å². The Bertz CT molecular complexity index is 27.0. The van der Waals surface area contributed by atoms with Gasteiger partial charge in [-0.05, 0) is 0 Å². The van der Waals surface area contributed by atoms with Gasteiger partial charge >= 0.3 is 0 Å². The van der Waals surface area contributed by atoms with Crippen LogP contribution in [0.2, 0.25) is 0 Å². The Hall–Kier alpha value is 0.270. The zero-order chi connectivity index (χ0) is 3.41. The van der Waals surface area contributed by atoms with Gasteiger partial charge in [0.15, 0.2) is 21.2 Å². The summed E-state index contributed by atoms with van der Waals surface area (Å²) in [6.07, 6.45) is 0. The molecule has 0 heterocycles. The summed E-state index contributed by atoms with van der Waals surface area (Å²) < 4.78 is 10.7. The minimum atomic E-state index is -0.876. The average Bonchev–Trinajstić information content (AvgIpc) is 1.37. The number of hydrogen-bond donors (Lipinski definition) is 0. The highest BCUT2D eigenvalue weighted by atomic mass is 127. The maximum Gasteiger partial charge on any atom is 0.173 e. The van der Waals surface area contributed by atoms with Crippen molar-refractivity contribution in [1.82, 2.24) is 0 Å². The average molecular weight is 170 g/mol. The first-order chi connectivity index (χ1) is 1.91. The Kier molecular flexibility index (Phi) is 3.49. The minimum Gasteiger partial charge on any atom is -0.266 e. The van der Waals surface area contributed by atoms with Crippen molar-refractivity contribution < 1.29 is 3.07 Å². The Morgan fingerprint density at radius 3 is 2.25 bits per heavy atom. The van der Waals surface area contributed by atoms with Crippen molar-refractivity contribution in [2.24, 2.45) is 0 Å². The van der Waals surface area contributed by atoms with E-state index in [0.717, 1.165) is 0 Å². The van der Waals surface area contributed by atoms with Gasteiger partial charge in [-0.2, -0.15) is 0 Å². The Balaban J connectivity index is 2.73. The van der Waals surface area contributed by atoms with E-state index in [2.05, 4.69) is 6.58 Å². The van der Waals surface area contributed by atoms with E-state index in [0.29, 0.717) is 0 Å². The summed E-state index contributed by atoms with van der Waals surface area (Å²) in [4.78, 5) is 0. The topological polar surface area (TPSA) is 17.1 Å². The van der Waals surface area contributed by atoms with Crippen LogP contribution in [0, 0.1) is 0 Å². The van der Waals surface area contributed by atoms with Crippen LogP contribution in [0.15, 0.2) is 10.7 Å². The predicted octanol–water partition coefficient (Wildman–Crippen LogP) is 1.45. The van der Waals surface area contributed by atoms with Crippen LogP contribution in [0.1, 0.15) is 0 Å². The lowest BCUT2D eigenvalue weighted by molar-refractivity contribution is 0.648. The molecule has 24 valence electrons. The summed E-state index contributed by atoms with van der Waals surface area (Å²) in [7, 11) is 0. The first-order valence-corrected chi connectivity index (χ1v) is 2.91. The fourth-order valence-electron chi connectivity index (χ4n) is 0. The van der Waals surface area contributed by atoms with Crippen LogP contribution in [0.25, 0.3) is 0 Å². The normalized spacial score (nSPS) is 6.00. The molecule has 2 heteroatoms. The molecular weight excluding hydrogens is 167 g/mol. The zero-order valence-electron chi connectivity index (χ0n) is 2.07. The van der Waals surface area contributed by atoms with Crippen molar-refractivity contribution >= 4 is 21.2 Å². The molecule has 0 unspecified atom stereocenters. The highest BCUT2D eigenvalue weighted by molar-refractivity contribution is 14.2. The summed E-state index contributed by atoms with van der Waals surface area (Å²) in [5.74, 6) is 0. The molecule has 0 amide bonds. The molecule has 0 aromatic rings. The molecule has 0 radical (unpaired) electrons. The van der Waals surface area contributed by atoms with Gasteiger partial charge in [0.05, 0.1) is 0 Å². The molecular formula is C2H3IO. The maximum atomic E-state index is 9.29. The van der Waals surface area contributed by atoms with Crippen LogP contribution < -0.4 is 0 Å². The predicted molar refractivity (Wildman–Crippen MR) is 24.9 cm³/mol. The lowest BCUT2D eigenvalue weighted by Crippen LogP contribution is -1.02. The molecule has 0 saturated carbocycles. The summed E-state index contributed by atoms with van der Waals surface area (Å²) in [6.45, 7) is 3.22. The smallest absolute Gasteiger partial charge is 0.173 e. The Morgan fingerprint density at radius 2 is 2.25 bits per heavy atom. The van der Waals surface area contributed by atoms with Crippen LogP contribution in [-0.2, 0) is 3.07 Å². The van der Waals surface area contributed by atoms with Gasteiger partial charge in [0.25, 0.3) is 0 Å². The number of hydrogen-bond acceptors (Lipinski definition) is 1. The van der Waals surface area contributed by atoms with E-state index in [-0.39, 0.29) is 0 Å². The van der Waals surface area contributed by atoms with E-state index in [1.807, 2.05) is 0 Å². The molecule has 0 aliphatic carbocycles. The number of halogens is 1. The van der Waals surface area contributed by atoms with Crippen LogP contribution in [0.3, 0.4) is 0 Å². The first kappa shape index (κ1) is 4.27. The fourth-order valence-corrected chi connectivity index (χ4v) is 0. The molecule has 0 saturated heterocycles. The number of rotatable bonds is 1. The molecule has 0 N–H and O–H groups in total. The zero-order valence-corrected chi connectivity index (χ0v) is 4.23. The van der Waals surface area contributed by atoms with Crippen LogP contribution in [-0.4, -0.2) is 0 Å². The van der Waals surface area contributed by atoms with Crippen molar-refractivity contribution in [3.63, 3.8) is 0 Å².